The molecule has 0 saturated carbocycles. The Morgan fingerprint density at radius 2 is 2.00 bits per heavy atom. The molecule has 0 heterocycles. The summed E-state index contributed by atoms with van der Waals surface area (Å²) in [5.41, 5.74) is 3.74. The first kappa shape index (κ1) is 11.6. The number of nitrogens with two attached hydrogens (primary N) is 1. The van der Waals surface area contributed by atoms with Gasteiger partial charge in [0.15, 0.2) is 6.10 Å². The van der Waals surface area contributed by atoms with Crippen molar-refractivity contribution >= 4 is 18.3 Å². The Morgan fingerprint density at radius 3 is 2.47 bits per heavy atom. The van der Waals surface area contributed by atoms with E-state index in [1.54, 1.807) is 0 Å². The lowest BCUT2D eigenvalue weighted by atomic mass is 9.79. The quantitative estimate of drug-likeness (QED) is 0.714. The Balaban J connectivity index is 3.08. The van der Waals surface area contributed by atoms with Gasteiger partial charge in [-0.05, 0) is 5.56 Å². The lowest BCUT2D eigenvalue weighted by molar-refractivity contribution is -0.126. The van der Waals surface area contributed by atoms with Gasteiger partial charge < -0.3 is 23.8 Å². The van der Waals surface area contributed by atoms with Gasteiger partial charge in [0.05, 0.1) is 0 Å². The number of rotatable bonds is 3. The minimum Gasteiger partial charge on any atom is -0.445 e. The third kappa shape index (κ3) is 2.72. The summed E-state index contributed by atoms with van der Waals surface area (Å²) >= 11 is 0. The fourth-order valence-corrected chi connectivity index (χ4v) is 1.10. The number of halogens is 3. The number of aliphatic hydroxyl groups excluding tert-OH is 1. The first-order chi connectivity index (χ1) is 6.82. The highest BCUT2D eigenvalue weighted by Gasteiger charge is 2.26. The molecule has 0 aliphatic heterocycles. The molecule has 0 aromatic heterocycles. The van der Waals surface area contributed by atoms with E-state index in [0.29, 0.717) is 0 Å². The number of hydrogen-bond acceptors (Lipinski definition) is 2. The number of primary amides is 1. The molecular weight excluding hydrogens is 210 g/mol. The molecule has 0 aliphatic rings. The van der Waals surface area contributed by atoms with Crippen LogP contribution in [0, 0.1) is 0 Å². The summed E-state index contributed by atoms with van der Waals surface area (Å²) in [4.78, 5) is 10.6. The molecule has 0 radical (unpaired) electrons. The minimum atomic E-state index is -5.14. The molecule has 1 atom stereocenters. The highest BCUT2D eigenvalue weighted by Crippen LogP contribution is 2.14. The van der Waals surface area contributed by atoms with Crippen molar-refractivity contribution in [3.63, 3.8) is 0 Å². The van der Waals surface area contributed by atoms with Gasteiger partial charge in [-0.15, -0.1) is 5.46 Å². The summed E-state index contributed by atoms with van der Waals surface area (Å²) in [7, 11) is 0. The van der Waals surface area contributed by atoms with Gasteiger partial charge in [-0.25, -0.2) is 0 Å². The molecule has 0 fully saturated rings. The topological polar surface area (TPSA) is 63.3 Å². The highest BCUT2D eigenvalue weighted by atomic mass is 19.4. The van der Waals surface area contributed by atoms with Crippen LogP contribution in [0.4, 0.5) is 12.9 Å². The molecule has 0 saturated heterocycles. The van der Waals surface area contributed by atoms with E-state index in [4.69, 9.17) is 10.8 Å². The lowest BCUT2D eigenvalue weighted by Crippen LogP contribution is -2.34. The van der Waals surface area contributed by atoms with Gasteiger partial charge in [-0.1, -0.05) is 24.3 Å². The van der Waals surface area contributed by atoms with Crippen LogP contribution in [0.15, 0.2) is 24.3 Å². The fraction of sp³-hybridized carbons (Fsp3) is 0.125. The Hall–Kier alpha value is -1.50. The van der Waals surface area contributed by atoms with Crippen molar-refractivity contribution in [3.8, 4) is 0 Å². The van der Waals surface area contributed by atoms with Crippen LogP contribution < -0.4 is 11.2 Å². The zero-order valence-electron chi connectivity index (χ0n) is 7.53. The van der Waals surface area contributed by atoms with Gasteiger partial charge in [0.1, 0.15) is 0 Å². The minimum absolute atomic E-state index is 0.154. The monoisotopic (exact) mass is 218 g/mol. The predicted molar refractivity (Wildman–Crippen MR) is 49.3 cm³/mol. The standard InChI is InChI=1S/C8H8BF3NO2/c10-9(11,12)6-3-1-2-5(4-6)7(14)8(13)15/h1-4,7,14H,(H2,13,15)/q-1. The second kappa shape index (κ2) is 3.94. The highest BCUT2D eigenvalue weighted by molar-refractivity contribution is 6.73. The third-order valence-electron chi connectivity index (χ3n) is 1.87. The first-order valence-electron chi connectivity index (χ1n) is 4.09. The molecule has 15 heavy (non-hydrogen) atoms. The Labute approximate surface area is 83.8 Å². The molecule has 0 aliphatic carbocycles. The van der Waals surface area contributed by atoms with E-state index in [2.05, 4.69) is 0 Å². The van der Waals surface area contributed by atoms with Crippen molar-refractivity contribution in [3.05, 3.63) is 29.8 Å². The number of benzene rings is 1. The van der Waals surface area contributed by atoms with Crippen LogP contribution in [-0.2, 0) is 4.79 Å². The van der Waals surface area contributed by atoms with Crippen molar-refractivity contribution in [2.45, 2.75) is 6.10 Å². The molecular formula is C8H8BF3NO2-. The summed E-state index contributed by atoms with van der Waals surface area (Å²) in [5, 5.41) is 9.15. The Morgan fingerprint density at radius 1 is 1.40 bits per heavy atom. The van der Waals surface area contributed by atoms with E-state index in [9.17, 15) is 17.7 Å². The molecule has 1 amide bonds. The van der Waals surface area contributed by atoms with E-state index in [-0.39, 0.29) is 5.56 Å². The largest absolute Gasteiger partial charge is 0.509 e. The van der Waals surface area contributed by atoms with Crippen LogP contribution in [0.1, 0.15) is 11.7 Å². The molecule has 1 rings (SSSR count). The molecule has 1 aromatic carbocycles. The van der Waals surface area contributed by atoms with E-state index in [1.165, 1.54) is 6.07 Å². The molecule has 1 unspecified atom stereocenters. The summed E-state index contributed by atoms with van der Waals surface area (Å²) in [6, 6.07) is 3.92. The Bertz CT molecular complexity index is 380. The van der Waals surface area contributed by atoms with Crippen molar-refractivity contribution < 1.29 is 22.8 Å². The van der Waals surface area contributed by atoms with Crippen LogP contribution in [0.25, 0.3) is 0 Å². The maximum Gasteiger partial charge on any atom is 0.509 e. The Kier molecular flexibility index (Phi) is 3.04. The van der Waals surface area contributed by atoms with Gasteiger partial charge in [-0.3, -0.25) is 4.79 Å². The second-order valence-electron chi connectivity index (χ2n) is 3.05. The SMILES string of the molecule is NC(=O)C(O)c1cccc([B-](F)(F)F)c1. The smallest absolute Gasteiger partial charge is 0.445 e. The van der Waals surface area contributed by atoms with Crippen molar-refractivity contribution in [2.75, 3.05) is 0 Å². The summed E-state index contributed by atoms with van der Waals surface area (Å²) in [6.45, 7) is -5.14. The zero-order valence-corrected chi connectivity index (χ0v) is 7.53. The van der Waals surface area contributed by atoms with Crippen LogP contribution in [0.5, 0.6) is 0 Å². The summed E-state index contributed by atoms with van der Waals surface area (Å²) in [5.74, 6) is -1.08. The van der Waals surface area contributed by atoms with Gasteiger partial charge in [-0.2, -0.15) is 0 Å². The maximum absolute atomic E-state index is 12.3. The van der Waals surface area contributed by atoms with Crippen molar-refractivity contribution in [2.24, 2.45) is 5.73 Å². The van der Waals surface area contributed by atoms with Gasteiger partial charge in [0.25, 0.3) is 5.91 Å². The van der Waals surface area contributed by atoms with Crippen LogP contribution in [0.2, 0.25) is 0 Å². The van der Waals surface area contributed by atoms with E-state index in [0.717, 1.165) is 18.2 Å². The van der Waals surface area contributed by atoms with E-state index >= 15 is 0 Å². The van der Waals surface area contributed by atoms with E-state index in [1.807, 2.05) is 0 Å². The molecule has 82 valence electrons. The number of amides is 1. The zero-order chi connectivity index (χ0) is 11.6. The van der Waals surface area contributed by atoms with Crippen LogP contribution >= 0.6 is 0 Å². The number of aliphatic hydroxyl groups is 1. The maximum atomic E-state index is 12.3. The molecule has 1 aromatic rings. The second-order valence-corrected chi connectivity index (χ2v) is 3.05. The predicted octanol–water partition coefficient (Wildman–Crippen LogP) is 0.260. The third-order valence-corrected chi connectivity index (χ3v) is 1.87. The first-order valence-corrected chi connectivity index (χ1v) is 4.09. The average Bonchev–Trinajstić information content (AvgIpc) is 2.15. The normalized spacial score (nSPS) is 13.6. The van der Waals surface area contributed by atoms with Crippen molar-refractivity contribution in [1.29, 1.82) is 0 Å². The van der Waals surface area contributed by atoms with E-state index < -0.39 is 24.5 Å². The molecule has 0 spiro atoms. The number of carbonyl (C=O) groups excluding carboxylic acids is 1. The summed E-state index contributed by atoms with van der Waals surface area (Å²) < 4.78 is 36.9. The molecule has 0 bridgehead atoms. The number of carbonyl (C=O) groups is 1. The van der Waals surface area contributed by atoms with Gasteiger partial charge in [0, 0.05) is 0 Å². The van der Waals surface area contributed by atoms with Crippen molar-refractivity contribution in [1.82, 2.24) is 0 Å². The van der Waals surface area contributed by atoms with Crippen LogP contribution in [-0.4, -0.2) is 18.0 Å². The lowest BCUT2D eigenvalue weighted by Gasteiger charge is -2.16. The molecule has 3 nitrogen and oxygen atoms in total. The van der Waals surface area contributed by atoms with Gasteiger partial charge >= 0.3 is 6.98 Å². The van der Waals surface area contributed by atoms with Crippen LogP contribution in [0.3, 0.4) is 0 Å². The molecule has 7 heteroatoms. The average molecular weight is 218 g/mol. The fourth-order valence-electron chi connectivity index (χ4n) is 1.10. The molecule has 3 N–H and O–H groups in total. The summed E-state index contributed by atoms with van der Waals surface area (Å²) in [6.07, 6.45) is -1.71. The van der Waals surface area contributed by atoms with Gasteiger partial charge in [0.2, 0.25) is 0 Å². The number of hydrogen-bond donors (Lipinski definition) is 2.